The van der Waals surface area contributed by atoms with E-state index in [0.29, 0.717) is 0 Å². The molecule has 3 rings (SSSR count). The molecule has 0 aliphatic carbocycles. The lowest BCUT2D eigenvalue weighted by Gasteiger charge is -2.31. The second-order valence-electron chi connectivity index (χ2n) is 6.11. The third-order valence-corrected chi connectivity index (χ3v) is 4.44. The van der Waals surface area contributed by atoms with Gasteiger partial charge in [-0.25, -0.2) is 4.68 Å². The molecule has 118 valence electrons. The first kappa shape index (κ1) is 15.3. The molecule has 1 saturated heterocycles. The SMILES string of the molecule is CCNCC1CCN(Cc2ccn(-c3ccccc3)n2)CC1. The second kappa shape index (κ2) is 7.56. The van der Waals surface area contributed by atoms with Crippen LogP contribution in [0.25, 0.3) is 5.69 Å². The number of likely N-dealkylation sites (tertiary alicyclic amines) is 1. The number of nitrogens with one attached hydrogen (secondary N) is 1. The highest BCUT2D eigenvalue weighted by molar-refractivity contribution is 5.30. The number of piperidine rings is 1. The summed E-state index contributed by atoms with van der Waals surface area (Å²) in [6.45, 7) is 7.78. The lowest BCUT2D eigenvalue weighted by atomic mass is 9.97. The highest BCUT2D eigenvalue weighted by atomic mass is 15.3. The van der Waals surface area contributed by atoms with Crippen LogP contribution in [0.3, 0.4) is 0 Å². The average molecular weight is 298 g/mol. The molecule has 0 atom stereocenters. The van der Waals surface area contributed by atoms with E-state index >= 15 is 0 Å². The largest absolute Gasteiger partial charge is 0.317 e. The van der Waals surface area contributed by atoms with Crippen molar-refractivity contribution < 1.29 is 0 Å². The summed E-state index contributed by atoms with van der Waals surface area (Å²) < 4.78 is 1.97. The summed E-state index contributed by atoms with van der Waals surface area (Å²) in [5.41, 5.74) is 2.28. The maximum Gasteiger partial charge on any atom is 0.0769 e. The lowest BCUT2D eigenvalue weighted by Crippen LogP contribution is -2.36. The van der Waals surface area contributed by atoms with Gasteiger partial charge in [0.15, 0.2) is 0 Å². The molecule has 2 heterocycles. The van der Waals surface area contributed by atoms with Crippen LogP contribution in [0, 0.1) is 5.92 Å². The lowest BCUT2D eigenvalue weighted by molar-refractivity contribution is 0.174. The number of aromatic nitrogens is 2. The standard InChI is InChI=1S/C18H26N4/c1-2-19-14-16-8-11-21(12-9-16)15-17-10-13-22(20-17)18-6-4-3-5-7-18/h3-7,10,13,16,19H,2,8-9,11-12,14-15H2,1H3. The predicted molar refractivity (Wildman–Crippen MR) is 90.1 cm³/mol. The summed E-state index contributed by atoms with van der Waals surface area (Å²) in [5.74, 6) is 0.845. The van der Waals surface area contributed by atoms with Crippen molar-refractivity contribution in [2.45, 2.75) is 26.3 Å². The van der Waals surface area contributed by atoms with E-state index in [0.717, 1.165) is 30.4 Å². The van der Waals surface area contributed by atoms with Crippen LogP contribution >= 0.6 is 0 Å². The molecule has 1 aromatic carbocycles. The van der Waals surface area contributed by atoms with Gasteiger partial charge in [0.2, 0.25) is 0 Å². The summed E-state index contributed by atoms with van der Waals surface area (Å²) in [7, 11) is 0. The number of nitrogens with zero attached hydrogens (tertiary/aromatic N) is 3. The molecule has 0 bridgehead atoms. The number of hydrogen-bond acceptors (Lipinski definition) is 3. The van der Waals surface area contributed by atoms with Gasteiger partial charge in [-0.3, -0.25) is 4.90 Å². The first-order valence-corrected chi connectivity index (χ1v) is 8.38. The Morgan fingerprint density at radius 3 is 2.64 bits per heavy atom. The van der Waals surface area contributed by atoms with E-state index in [1.165, 1.54) is 32.5 Å². The molecule has 22 heavy (non-hydrogen) atoms. The fourth-order valence-electron chi connectivity index (χ4n) is 3.10. The van der Waals surface area contributed by atoms with Gasteiger partial charge in [-0.05, 0) is 63.1 Å². The molecule has 4 nitrogen and oxygen atoms in total. The fraction of sp³-hybridized carbons (Fsp3) is 0.500. The highest BCUT2D eigenvalue weighted by Crippen LogP contribution is 2.18. The molecule has 0 radical (unpaired) electrons. The zero-order valence-electron chi connectivity index (χ0n) is 13.4. The van der Waals surface area contributed by atoms with E-state index in [1.807, 2.05) is 22.9 Å². The Hall–Kier alpha value is -1.65. The Morgan fingerprint density at radius 1 is 1.14 bits per heavy atom. The average Bonchev–Trinajstić information content (AvgIpc) is 3.04. The number of rotatable bonds is 6. The van der Waals surface area contributed by atoms with Crippen LogP contribution in [-0.4, -0.2) is 40.9 Å². The Morgan fingerprint density at radius 2 is 1.91 bits per heavy atom. The molecule has 0 unspecified atom stereocenters. The van der Waals surface area contributed by atoms with E-state index in [2.05, 4.69) is 41.5 Å². The van der Waals surface area contributed by atoms with Crippen molar-refractivity contribution in [1.82, 2.24) is 20.0 Å². The highest BCUT2D eigenvalue weighted by Gasteiger charge is 2.19. The molecule has 1 aliphatic rings. The van der Waals surface area contributed by atoms with Crippen LogP contribution in [0.1, 0.15) is 25.5 Å². The summed E-state index contributed by atoms with van der Waals surface area (Å²) in [5, 5.41) is 8.18. The van der Waals surface area contributed by atoms with Gasteiger partial charge in [-0.15, -0.1) is 0 Å². The maximum atomic E-state index is 4.71. The van der Waals surface area contributed by atoms with Crippen molar-refractivity contribution in [1.29, 1.82) is 0 Å². The van der Waals surface area contributed by atoms with Gasteiger partial charge in [0.1, 0.15) is 0 Å². The van der Waals surface area contributed by atoms with Crippen LogP contribution in [0.15, 0.2) is 42.6 Å². The molecular weight excluding hydrogens is 272 g/mol. The molecular formula is C18H26N4. The predicted octanol–water partition coefficient (Wildman–Crippen LogP) is 2.69. The minimum atomic E-state index is 0.845. The first-order chi connectivity index (χ1) is 10.8. The second-order valence-corrected chi connectivity index (χ2v) is 6.11. The van der Waals surface area contributed by atoms with Crippen LogP contribution in [0.5, 0.6) is 0 Å². The van der Waals surface area contributed by atoms with E-state index in [1.54, 1.807) is 0 Å². The van der Waals surface area contributed by atoms with E-state index in [4.69, 9.17) is 5.10 Å². The Labute approximate surface area is 133 Å². The zero-order valence-corrected chi connectivity index (χ0v) is 13.4. The number of hydrogen-bond donors (Lipinski definition) is 1. The summed E-state index contributed by atoms with van der Waals surface area (Å²) >= 11 is 0. The van der Waals surface area contributed by atoms with Crippen molar-refractivity contribution in [2.75, 3.05) is 26.2 Å². The van der Waals surface area contributed by atoms with Gasteiger partial charge in [-0.1, -0.05) is 25.1 Å². The third kappa shape index (κ3) is 3.96. The van der Waals surface area contributed by atoms with Crippen molar-refractivity contribution in [2.24, 2.45) is 5.92 Å². The van der Waals surface area contributed by atoms with Gasteiger partial charge < -0.3 is 5.32 Å². The van der Waals surface area contributed by atoms with Crippen molar-refractivity contribution in [3.05, 3.63) is 48.3 Å². The van der Waals surface area contributed by atoms with Crippen LogP contribution in [0.4, 0.5) is 0 Å². The zero-order chi connectivity index (χ0) is 15.2. The fourth-order valence-corrected chi connectivity index (χ4v) is 3.10. The maximum absolute atomic E-state index is 4.71. The van der Waals surface area contributed by atoms with Crippen molar-refractivity contribution in [3.63, 3.8) is 0 Å². The van der Waals surface area contributed by atoms with Crippen molar-refractivity contribution >= 4 is 0 Å². The normalized spacial score (nSPS) is 17.0. The van der Waals surface area contributed by atoms with E-state index in [-0.39, 0.29) is 0 Å². The monoisotopic (exact) mass is 298 g/mol. The molecule has 1 fully saturated rings. The summed E-state index contributed by atoms with van der Waals surface area (Å²) in [4.78, 5) is 2.53. The Bertz CT molecular complexity index is 555. The van der Waals surface area contributed by atoms with Gasteiger partial charge in [0.05, 0.1) is 11.4 Å². The molecule has 0 amide bonds. The Kier molecular flexibility index (Phi) is 5.24. The first-order valence-electron chi connectivity index (χ1n) is 8.38. The van der Waals surface area contributed by atoms with Crippen LogP contribution in [0.2, 0.25) is 0 Å². The smallest absolute Gasteiger partial charge is 0.0769 e. The van der Waals surface area contributed by atoms with Gasteiger partial charge in [0, 0.05) is 12.7 Å². The molecule has 0 saturated carbocycles. The number of para-hydroxylation sites is 1. The molecule has 4 heteroatoms. The summed E-state index contributed by atoms with van der Waals surface area (Å²) in [6.07, 6.45) is 4.65. The third-order valence-electron chi connectivity index (χ3n) is 4.44. The topological polar surface area (TPSA) is 33.1 Å². The Balaban J connectivity index is 1.51. The van der Waals surface area contributed by atoms with Gasteiger partial charge in [-0.2, -0.15) is 5.10 Å². The number of benzene rings is 1. The van der Waals surface area contributed by atoms with Crippen molar-refractivity contribution in [3.8, 4) is 5.69 Å². The molecule has 1 aliphatic heterocycles. The van der Waals surface area contributed by atoms with Crippen LogP contribution < -0.4 is 5.32 Å². The molecule has 1 N–H and O–H groups in total. The van der Waals surface area contributed by atoms with E-state index < -0.39 is 0 Å². The van der Waals surface area contributed by atoms with E-state index in [9.17, 15) is 0 Å². The molecule has 2 aromatic rings. The quantitative estimate of drug-likeness (QED) is 0.890. The minimum Gasteiger partial charge on any atom is -0.317 e. The summed E-state index contributed by atoms with van der Waals surface area (Å²) in [6, 6.07) is 12.4. The van der Waals surface area contributed by atoms with Crippen LogP contribution in [-0.2, 0) is 6.54 Å². The van der Waals surface area contributed by atoms with Gasteiger partial charge >= 0.3 is 0 Å². The molecule has 1 aromatic heterocycles. The minimum absolute atomic E-state index is 0.845. The van der Waals surface area contributed by atoms with Gasteiger partial charge in [0.25, 0.3) is 0 Å². The molecule has 0 spiro atoms.